The van der Waals surface area contributed by atoms with Gasteiger partial charge in [0, 0.05) is 11.3 Å². The lowest BCUT2D eigenvalue weighted by Gasteiger charge is -2.32. The molecule has 0 aliphatic heterocycles. The van der Waals surface area contributed by atoms with Crippen molar-refractivity contribution in [1.29, 1.82) is 0 Å². The smallest absolute Gasteiger partial charge is 0.124 e. The van der Waals surface area contributed by atoms with Crippen LogP contribution in [0.4, 0.5) is 4.39 Å². The quantitative estimate of drug-likeness (QED) is 0.725. The van der Waals surface area contributed by atoms with Crippen molar-refractivity contribution >= 4 is 17.2 Å². The molecule has 3 nitrogen and oxygen atoms in total. The molecule has 3 rings (SSSR count). The molecule has 1 fully saturated rings. The molecule has 2 aromatic rings. The van der Waals surface area contributed by atoms with Crippen LogP contribution in [-0.2, 0) is 4.79 Å². The van der Waals surface area contributed by atoms with Gasteiger partial charge in [0.25, 0.3) is 0 Å². The van der Waals surface area contributed by atoms with Crippen LogP contribution in [0.25, 0.3) is 10.9 Å². The Balaban J connectivity index is 1.96. The molecule has 1 aromatic heterocycles. The van der Waals surface area contributed by atoms with Gasteiger partial charge in [0.1, 0.15) is 12.1 Å². The molecule has 0 atom stereocenters. The number of nitrogens with zero attached hydrogens (tertiary/aromatic N) is 2. The Kier molecular flexibility index (Phi) is 2.02. The topological polar surface area (TPSA) is 34.9 Å². The molecule has 1 aliphatic rings. The Morgan fingerprint density at radius 3 is 3.00 bits per heavy atom. The molecule has 82 valence electrons. The monoisotopic (exact) mass is 218 g/mol. The molecule has 1 heterocycles. The van der Waals surface area contributed by atoms with Gasteiger partial charge < -0.3 is 4.79 Å². The van der Waals surface area contributed by atoms with Crippen molar-refractivity contribution in [2.45, 2.75) is 18.9 Å². The minimum absolute atomic E-state index is 0.171. The van der Waals surface area contributed by atoms with Crippen molar-refractivity contribution in [3.63, 3.8) is 0 Å². The van der Waals surface area contributed by atoms with Crippen molar-refractivity contribution in [2.24, 2.45) is 5.92 Å². The second-order valence-corrected chi connectivity index (χ2v) is 4.31. The molecule has 1 saturated carbocycles. The molecule has 0 radical (unpaired) electrons. The van der Waals surface area contributed by atoms with Crippen LogP contribution in [-0.4, -0.2) is 16.1 Å². The number of carbonyl (C=O) groups excluding carboxylic acids is 1. The highest BCUT2D eigenvalue weighted by molar-refractivity contribution is 5.78. The van der Waals surface area contributed by atoms with E-state index in [1.807, 2.05) is 4.68 Å². The second kappa shape index (κ2) is 3.40. The lowest BCUT2D eigenvalue weighted by atomic mass is 9.81. The SMILES string of the molecule is O=CC1CC(n2ncc3cc(F)ccc32)C1. The lowest BCUT2D eigenvalue weighted by molar-refractivity contribution is -0.114. The molecule has 0 unspecified atom stereocenters. The average molecular weight is 218 g/mol. The van der Waals surface area contributed by atoms with Crippen LogP contribution in [0.3, 0.4) is 0 Å². The van der Waals surface area contributed by atoms with Crippen LogP contribution in [0.2, 0.25) is 0 Å². The van der Waals surface area contributed by atoms with E-state index in [2.05, 4.69) is 5.10 Å². The summed E-state index contributed by atoms with van der Waals surface area (Å²) in [4.78, 5) is 10.5. The predicted octanol–water partition coefficient (Wildman–Crippen LogP) is 2.33. The van der Waals surface area contributed by atoms with Gasteiger partial charge in [0.2, 0.25) is 0 Å². The molecule has 0 spiro atoms. The van der Waals surface area contributed by atoms with E-state index in [4.69, 9.17) is 0 Å². The highest BCUT2D eigenvalue weighted by atomic mass is 19.1. The highest BCUT2D eigenvalue weighted by Crippen LogP contribution is 2.37. The van der Waals surface area contributed by atoms with Crippen molar-refractivity contribution in [1.82, 2.24) is 9.78 Å². The maximum Gasteiger partial charge on any atom is 0.124 e. The minimum Gasteiger partial charge on any atom is -0.303 e. The summed E-state index contributed by atoms with van der Waals surface area (Å²) in [6.45, 7) is 0. The molecule has 0 bridgehead atoms. The van der Waals surface area contributed by atoms with E-state index < -0.39 is 0 Å². The van der Waals surface area contributed by atoms with Gasteiger partial charge in [0.05, 0.1) is 17.8 Å². The average Bonchev–Trinajstić information content (AvgIpc) is 2.60. The largest absolute Gasteiger partial charge is 0.303 e. The van der Waals surface area contributed by atoms with E-state index in [0.29, 0.717) is 0 Å². The summed E-state index contributed by atoms with van der Waals surface area (Å²) in [7, 11) is 0. The number of aldehydes is 1. The van der Waals surface area contributed by atoms with Gasteiger partial charge in [-0.2, -0.15) is 5.10 Å². The first kappa shape index (κ1) is 9.51. The number of hydrogen-bond acceptors (Lipinski definition) is 2. The second-order valence-electron chi connectivity index (χ2n) is 4.31. The van der Waals surface area contributed by atoms with Crippen LogP contribution in [0.15, 0.2) is 24.4 Å². The third-order valence-electron chi connectivity index (χ3n) is 3.25. The van der Waals surface area contributed by atoms with Crippen LogP contribution in [0, 0.1) is 11.7 Å². The highest BCUT2D eigenvalue weighted by Gasteiger charge is 2.31. The standard InChI is InChI=1S/C12H11FN2O/c13-10-1-2-12-9(5-10)6-14-15(12)11-3-8(4-11)7-16/h1-2,5-8,11H,3-4H2. The molecule has 4 heteroatoms. The van der Waals surface area contributed by atoms with Gasteiger partial charge >= 0.3 is 0 Å². The number of carbonyl (C=O) groups is 1. The number of fused-ring (bicyclic) bond motifs is 1. The normalized spacial score (nSPS) is 24.3. The summed E-state index contributed by atoms with van der Waals surface area (Å²) in [6, 6.07) is 4.95. The first-order chi connectivity index (χ1) is 7.78. The Hall–Kier alpha value is -1.71. The van der Waals surface area contributed by atoms with Crippen molar-refractivity contribution in [2.75, 3.05) is 0 Å². The molecule has 16 heavy (non-hydrogen) atoms. The summed E-state index contributed by atoms with van der Waals surface area (Å²) in [5, 5.41) is 5.08. The van der Waals surface area contributed by atoms with E-state index in [1.54, 1.807) is 12.3 Å². The van der Waals surface area contributed by atoms with Crippen LogP contribution in [0.1, 0.15) is 18.9 Å². The van der Waals surface area contributed by atoms with E-state index in [1.165, 1.54) is 12.1 Å². The van der Waals surface area contributed by atoms with Gasteiger partial charge in [0.15, 0.2) is 0 Å². The van der Waals surface area contributed by atoms with Gasteiger partial charge in [-0.15, -0.1) is 0 Å². The Morgan fingerprint density at radius 1 is 1.44 bits per heavy atom. The number of aromatic nitrogens is 2. The molecule has 1 aliphatic carbocycles. The maximum atomic E-state index is 13.0. The Morgan fingerprint density at radius 2 is 2.25 bits per heavy atom. The van der Waals surface area contributed by atoms with E-state index in [9.17, 15) is 9.18 Å². The first-order valence-corrected chi connectivity index (χ1v) is 5.36. The van der Waals surface area contributed by atoms with Gasteiger partial charge in [-0.25, -0.2) is 4.39 Å². The van der Waals surface area contributed by atoms with E-state index in [-0.39, 0.29) is 17.8 Å². The van der Waals surface area contributed by atoms with Gasteiger partial charge in [-0.1, -0.05) is 0 Å². The number of benzene rings is 1. The first-order valence-electron chi connectivity index (χ1n) is 5.36. The molecule has 1 aromatic carbocycles. The molecule has 0 N–H and O–H groups in total. The summed E-state index contributed by atoms with van der Waals surface area (Å²) >= 11 is 0. The number of hydrogen-bond donors (Lipinski definition) is 0. The van der Waals surface area contributed by atoms with Crippen molar-refractivity contribution in [3.05, 3.63) is 30.2 Å². The summed E-state index contributed by atoms with van der Waals surface area (Å²) in [5.41, 5.74) is 0.941. The van der Waals surface area contributed by atoms with Gasteiger partial charge in [-0.3, -0.25) is 4.68 Å². The third kappa shape index (κ3) is 1.33. The molecular weight excluding hydrogens is 207 g/mol. The fraction of sp³-hybridized carbons (Fsp3) is 0.333. The zero-order chi connectivity index (χ0) is 11.1. The van der Waals surface area contributed by atoms with Crippen LogP contribution < -0.4 is 0 Å². The zero-order valence-electron chi connectivity index (χ0n) is 8.64. The molecular formula is C12H11FN2O. The number of halogens is 1. The Labute approximate surface area is 91.9 Å². The summed E-state index contributed by atoms with van der Waals surface area (Å²) in [6.07, 6.45) is 4.36. The molecule has 0 amide bonds. The van der Waals surface area contributed by atoms with Crippen LogP contribution in [0.5, 0.6) is 0 Å². The fourth-order valence-corrected chi connectivity index (χ4v) is 2.26. The predicted molar refractivity (Wildman–Crippen MR) is 57.5 cm³/mol. The minimum atomic E-state index is -0.244. The lowest BCUT2D eigenvalue weighted by Crippen LogP contribution is -2.28. The van der Waals surface area contributed by atoms with E-state index >= 15 is 0 Å². The van der Waals surface area contributed by atoms with Crippen molar-refractivity contribution in [3.8, 4) is 0 Å². The fourth-order valence-electron chi connectivity index (χ4n) is 2.26. The Bertz CT molecular complexity index is 543. The van der Waals surface area contributed by atoms with Crippen molar-refractivity contribution < 1.29 is 9.18 Å². The maximum absolute atomic E-state index is 13.0. The number of rotatable bonds is 2. The summed E-state index contributed by atoms with van der Waals surface area (Å²) < 4.78 is 14.9. The summed E-state index contributed by atoms with van der Waals surface area (Å²) in [5.74, 6) is -0.0730. The molecule has 0 saturated heterocycles. The van der Waals surface area contributed by atoms with Gasteiger partial charge in [-0.05, 0) is 31.0 Å². The third-order valence-corrected chi connectivity index (χ3v) is 3.25. The van der Waals surface area contributed by atoms with E-state index in [0.717, 1.165) is 30.0 Å². The zero-order valence-corrected chi connectivity index (χ0v) is 8.64. The van der Waals surface area contributed by atoms with Crippen LogP contribution >= 0.6 is 0 Å².